The minimum Gasteiger partial charge on any atom is -0.389 e. The van der Waals surface area contributed by atoms with E-state index in [4.69, 9.17) is 10.3 Å². The molecule has 20 heteroatoms. The van der Waals surface area contributed by atoms with Crippen molar-refractivity contribution in [2.75, 3.05) is 47.4 Å². The Labute approximate surface area is 378 Å². The lowest BCUT2D eigenvalue weighted by Gasteiger charge is -2.40. The minimum absolute atomic E-state index is 0.00537. The lowest BCUT2D eigenvalue weighted by molar-refractivity contribution is -0.139. The van der Waals surface area contributed by atoms with Gasteiger partial charge in [0, 0.05) is 67.1 Å². The molecule has 0 saturated carbocycles. The molecule has 3 aliphatic heterocycles. The number of amides is 4. The predicted octanol–water partition coefficient (Wildman–Crippen LogP) is 4.87. The number of nitrogens with one attached hydrogen (secondary N) is 4. The molecule has 9 rings (SSSR count). The lowest BCUT2D eigenvalue weighted by Crippen LogP contribution is -2.49. The number of carbonyl (C=O) groups is 4. The number of nitrogen functional groups attached to an aromatic ring is 1. The molecule has 6 aromatic rings. The van der Waals surface area contributed by atoms with Gasteiger partial charge in [-0.1, -0.05) is 55.4 Å². The van der Waals surface area contributed by atoms with E-state index >= 15 is 4.39 Å². The van der Waals surface area contributed by atoms with Gasteiger partial charge in [0.1, 0.15) is 34.8 Å². The largest absolute Gasteiger partial charge is 0.389 e. The number of pyridine rings is 1. The number of hydrogen-bond donors (Lipinski definition) is 6. The van der Waals surface area contributed by atoms with E-state index in [9.17, 15) is 24.3 Å². The molecular formula is C46H52FN13O6. The average Bonchev–Trinajstić information content (AvgIpc) is 4.07. The molecule has 0 radical (unpaired) electrons. The van der Waals surface area contributed by atoms with Crippen molar-refractivity contribution in [1.82, 2.24) is 45.5 Å². The molecule has 7 heterocycles. The number of fused-ring (bicyclic) bond motifs is 1. The fourth-order valence-corrected chi connectivity index (χ4v) is 8.87. The molecule has 4 aromatic heterocycles. The minimum atomic E-state index is -1.21. The molecule has 344 valence electrons. The third-order valence-corrected chi connectivity index (χ3v) is 12.8. The van der Waals surface area contributed by atoms with Gasteiger partial charge in [-0.3, -0.25) is 29.6 Å². The Morgan fingerprint density at radius 2 is 1.79 bits per heavy atom. The number of H-pyrrole nitrogens is 1. The average molecular weight is 902 g/mol. The van der Waals surface area contributed by atoms with E-state index in [1.54, 1.807) is 29.3 Å². The maximum absolute atomic E-state index is 15.3. The van der Waals surface area contributed by atoms with Crippen LogP contribution in [0.25, 0.3) is 33.4 Å². The molecule has 0 bridgehead atoms. The fraction of sp³-hybridized carbons (Fsp3) is 0.413. The van der Waals surface area contributed by atoms with Gasteiger partial charge >= 0.3 is 0 Å². The summed E-state index contributed by atoms with van der Waals surface area (Å²) in [5.41, 5.74) is 9.89. The van der Waals surface area contributed by atoms with Gasteiger partial charge in [0.15, 0.2) is 5.82 Å². The molecule has 66 heavy (non-hydrogen) atoms. The third-order valence-electron chi connectivity index (χ3n) is 12.8. The van der Waals surface area contributed by atoms with Crippen molar-refractivity contribution in [1.29, 1.82) is 0 Å². The monoisotopic (exact) mass is 901 g/mol. The zero-order valence-corrected chi connectivity index (χ0v) is 36.9. The molecule has 7 N–H and O–H groups in total. The Morgan fingerprint density at radius 1 is 1.03 bits per heavy atom. The number of aromatic amines is 1. The van der Waals surface area contributed by atoms with Crippen LogP contribution in [0.5, 0.6) is 0 Å². The van der Waals surface area contributed by atoms with Crippen molar-refractivity contribution in [3.8, 4) is 22.5 Å². The van der Waals surface area contributed by atoms with Crippen LogP contribution in [0.2, 0.25) is 0 Å². The van der Waals surface area contributed by atoms with Gasteiger partial charge in [-0.25, -0.2) is 14.1 Å². The van der Waals surface area contributed by atoms with Crippen LogP contribution in [0.1, 0.15) is 83.1 Å². The summed E-state index contributed by atoms with van der Waals surface area (Å²) < 4.78 is 22.5. The zero-order chi connectivity index (χ0) is 46.3. The van der Waals surface area contributed by atoms with E-state index in [1.807, 2.05) is 60.8 Å². The summed E-state index contributed by atoms with van der Waals surface area (Å²) in [5.74, 6) is -0.223. The van der Waals surface area contributed by atoms with Crippen molar-refractivity contribution in [3.63, 3.8) is 0 Å². The van der Waals surface area contributed by atoms with Gasteiger partial charge < -0.3 is 35.8 Å². The summed E-state index contributed by atoms with van der Waals surface area (Å²) in [6, 6.07) is 13.3. The first-order chi connectivity index (χ1) is 31.6. The second-order valence-electron chi connectivity index (χ2n) is 18.5. The summed E-state index contributed by atoms with van der Waals surface area (Å²) in [5, 5.41) is 40.8. The summed E-state index contributed by atoms with van der Waals surface area (Å²) in [7, 11) is 0. The predicted molar refractivity (Wildman–Crippen MR) is 242 cm³/mol. The molecule has 2 aromatic carbocycles. The van der Waals surface area contributed by atoms with Crippen LogP contribution in [0.3, 0.4) is 0 Å². The molecule has 0 unspecified atom stereocenters. The quantitative estimate of drug-likeness (QED) is 0.0949. The summed E-state index contributed by atoms with van der Waals surface area (Å²) >= 11 is 0. The van der Waals surface area contributed by atoms with Crippen LogP contribution < -0.4 is 26.6 Å². The Morgan fingerprint density at radius 3 is 2.48 bits per heavy atom. The van der Waals surface area contributed by atoms with Crippen LogP contribution in [-0.2, 0) is 31.0 Å². The van der Waals surface area contributed by atoms with Gasteiger partial charge in [0.2, 0.25) is 23.6 Å². The summed E-state index contributed by atoms with van der Waals surface area (Å²) in [6.45, 7) is 7.73. The van der Waals surface area contributed by atoms with E-state index in [0.29, 0.717) is 115 Å². The zero-order valence-electron chi connectivity index (χ0n) is 36.9. The first-order valence-corrected chi connectivity index (χ1v) is 22.2. The Balaban J connectivity index is 0.771. The topological polar surface area (TPSA) is 255 Å². The number of piperidine rings is 3. The number of carbonyl (C=O) groups excluding carboxylic acids is 4. The SMILES string of the molecule is CC(C)(C)c1cc(NC(=O)Cc2ccc(-c3n[nH]c4c(-c5cn(C6CCN(C(=O)CC7(O)CCN(c8ccc(N[C@H]9CCC(=O)NC9=O)cc8F)CC7)CC6)nn5)cnc(N)c34)cc2)no1. The Bertz CT molecular complexity index is 2800. The second-order valence-corrected chi connectivity index (χ2v) is 18.5. The van der Waals surface area contributed by atoms with Crippen molar-refractivity contribution in [2.24, 2.45) is 0 Å². The molecule has 0 aliphatic carbocycles. The fourth-order valence-electron chi connectivity index (χ4n) is 8.87. The molecule has 19 nitrogen and oxygen atoms in total. The number of nitrogens with zero attached hydrogens (tertiary/aromatic N) is 8. The molecular weight excluding hydrogens is 850 g/mol. The number of aliphatic hydroxyl groups is 1. The number of aromatic nitrogens is 7. The van der Waals surface area contributed by atoms with E-state index in [-0.39, 0.29) is 48.4 Å². The molecule has 3 aliphatic rings. The highest BCUT2D eigenvalue weighted by Gasteiger charge is 2.38. The van der Waals surface area contributed by atoms with Crippen molar-refractivity contribution >= 4 is 57.5 Å². The highest BCUT2D eigenvalue weighted by atomic mass is 19.1. The number of anilines is 4. The van der Waals surface area contributed by atoms with Gasteiger partial charge in [-0.2, -0.15) is 5.10 Å². The number of halogens is 1. The summed E-state index contributed by atoms with van der Waals surface area (Å²) in [4.78, 5) is 58.0. The molecule has 3 fully saturated rings. The first kappa shape index (κ1) is 44.0. The number of rotatable bonds is 11. The second kappa shape index (κ2) is 17.6. The lowest BCUT2D eigenvalue weighted by atomic mass is 9.87. The smallest absolute Gasteiger partial charge is 0.249 e. The number of hydrogen-bond acceptors (Lipinski definition) is 14. The van der Waals surface area contributed by atoms with Crippen LogP contribution in [0.4, 0.5) is 27.4 Å². The van der Waals surface area contributed by atoms with E-state index in [0.717, 1.165) is 11.1 Å². The van der Waals surface area contributed by atoms with Crippen LogP contribution >= 0.6 is 0 Å². The first-order valence-electron chi connectivity index (χ1n) is 22.2. The number of imide groups is 1. The molecule has 3 saturated heterocycles. The van der Waals surface area contributed by atoms with E-state index in [1.165, 1.54) is 6.07 Å². The van der Waals surface area contributed by atoms with Crippen LogP contribution in [0, 0.1) is 5.82 Å². The van der Waals surface area contributed by atoms with E-state index in [2.05, 4.69) is 46.6 Å². The normalized spacial score (nSPS) is 18.1. The third kappa shape index (κ3) is 9.31. The van der Waals surface area contributed by atoms with Crippen molar-refractivity contribution < 1.29 is 33.2 Å². The van der Waals surface area contributed by atoms with Gasteiger partial charge in [0.05, 0.1) is 47.3 Å². The van der Waals surface area contributed by atoms with Gasteiger partial charge in [-0.15, -0.1) is 5.10 Å². The standard InChI is InChI=1S/C46H52FN13O6/c1-45(2,3)35-22-36(56-66-35)51-38(62)20-26-4-6-27(7-5-26)41-40-42(55-54-41)30(24-49-43(40)48)33-25-60(57-53-33)29-12-16-59(17-13-29)39(63)23-46(65)14-18-58(19-15-46)34-10-8-28(21-31(34)47)50-32-9-11-37(61)52-44(32)64/h4-8,10,21-22,24-25,29,32,50,65H,9,11-20,23H2,1-3H3,(H2,48,49)(H,54,55)(H,51,56,62)(H,52,61,64)/t32-/m0/s1. The van der Waals surface area contributed by atoms with Crippen molar-refractivity contribution in [2.45, 2.75) is 95.2 Å². The number of likely N-dealkylation sites (tertiary alicyclic amines) is 1. The maximum atomic E-state index is 15.3. The molecule has 1 atom stereocenters. The van der Waals surface area contributed by atoms with Crippen molar-refractivity contribution in [3.05, 3.63) is 78.1 Å². The Hall–Kier alpha value is -7.22. The highest BCUT2D eigenvalue weighted by Crippen LogP contribution is 2.37. The number of benzene rings is 2. The maximum Gasteiger partial charge on any atom is 0.249 e. The van der Waals surface area contributed by atoms with Crippen LogP contribution in [-0.4, -0.2) is 107 Å². The Kier molecular flexibility index (Phi) is 11.8. The molecule has 4 amide bonds. The molecule has 0 spiro atoms. The van der Waals surface area contributed by atoms with E-state index < -0.39 is 23.4 Å². The summed E-state index contributed by atoms with van der Waals surface area (Å²) in [6.07, 6.45) is 6.06. The van der Waals surface area contributed by atoms with Gasteiger partial charge in [-0.05, 0) is 55.9 Å². The highest BCUT2D eigenvalue weighted by molar-refractivity contribution is 6.06. The van der Waals surface area contributed by atoms with Crippen LogP contribution in [0.15, 0.2) is 65.4 Å². The van der Waals surface area contributed by atoms with Gasteiger partial charge in [0.25, 0.3) is 0 Å². The number of nitrogens with two attached hydrogens (primary N) is 1.